The van der Waals surface area contributed by atoms with E-state index in [-0.39, 0.29) is 18.3 Å². The lowest BCUT2D eigenvalue weighted by molar-refractivity contribution is 0.522. The molecule has 0 fully saturated rings. The zero-order valence-corrected chi connectivity index (χ0v) is 10.3. The summed E-state index contributed by atoms with van der Waals surface area (Å²) in [4.78, 5) is 3.89. The summed E-state index contributed by atoms with van der Waals surface area (Å²) in [5, 5.41) is 2.97. The highest BCUT2D eigenvalue weighted by atomic mass is 19.1. The molecule has 1 atom stereocenters. The average molecular weight is 266 g/mol. The minimum atomic E-state index is -0.632. The summed E-state index contributed by atoms with van der Waals surface area (Å²) in [7, 11) is 0. The fourth-order valence-corrected chi connectivity index (χ4v) is 1.74. The number of nitrogens with one attached hydrogen (secondary N) is 1. The van der Waals surface area contributed by atoms with E-state index in [0.717, 1.165) is 6.07 Å². The third kappa shape index (κ3) is 3.54. The van der Waals surface area contributed by atoms with Crippen LogP contribution in [0.1, 0.15) is 24.2 Å². The highest BCUT2D eigenvalue weighted by Gasteiger charge is 2.10. The zero-order valence-electron chi connectivity index (χ0n) is 10.3. The number of hydrogen-bond donors (Lipinski definition) is 1. The average Bonchev–Trinajstić information content (AvgIpc) is 2.36. The van der Waals surface area contributed by atoms with Crippen molar-refractivity contribution in [3.05, 3.63) is 65.2 Å². The van der Waals surface area contributed by atoms with E-state index in [1.807, 2.05) is 0 Å². The number of aromatic nitrogens is 1. The highest BCUT2D eigenvalue weighted by molar-refractivity contribution is 5.21. The highest BCUT2D eigenvalue weighted by Crippen LogP contribution is 2.16. The van der Waals surface area contributed by atoms with E-state index in [2.05, 4.69) is 10.3 Å². The summed E-state index contributed by atoms with van der Waals surface area (Å²) in [6.07, 6.45) is 1.49. The molecule has 1 aromatic carbocycles. The predicted octanol–water partition coefficient (Wildman–Crippen LogP) is 3.35. The molecule has 0 spiro atoms. The van der Waals surface area contributed by atoms with Crippen LogP contribution in [0, 0.1) is 17.5 Å². The third-order valence-electron chi connectivity index (χ3n) is 2.80. The lowest BCUT2D eigenvalue weighted by Crippen LogP contribution is -2.19. The van der Waals surface area contributed by atoms with Crippen LogP contribution in [0.2, 0.25) is 0 Å². The van der Waals surface area contributed by atoms with E-state index < -0.39 is 17.5 Å². The molecule has 1 aromatic heterocycles. The molecule has 1 heterocycles. The summed E-state index contributed by atoms with van der Waals surface area (Å²) >= 11 is 0. The Kier molecular flexibility index (Phi) is 4.16. The first kappa shape index (κ1) is 13.5. The van der Waals surface area contributed by atoms with Gasteiger partial charge in [-0.1, -0.05) is 0 Å². The van der Waals surface area contributed by atoms with Crippen molar-refractivity contribution >= 4 is 0 Å². The van der Waals surface area contributed by atoms with Crippen molar-refractivity contribution in [1.82, 2.24) is 10.3 Å². The Balaban J connectivity index is 2.05. The molecule has 0 saturated carbocycles. The van der Waals surface area contributed by atoms with E-state index in [9.17, 15) is 13.2 Å². The number of rotatable bonds is 4. The molecule has 100 valence electrons. The second-order valence-electron chi connectivity index (χ2n) is 4.24. The van der Waals surface area contributed by atoms with Crippen molar-refractivity contribution < 1.29 is 13.2 Å². The van der Waals surface area contributed by atoms with E-state index in [0.29, 0.717) is 5.56 Å². The molecule has 0 radical (unpaired) electrons. The number of hydrogen-bond acceptors (Lipinski definition) is 2. The number of halogens is 3. The van der Waals surface area contributed by atoms with Gasteiger partial charge in [-0.3, -0.25) is 4.98 Å². The Labute approximate surface area is 109 Å². The van der Waals surface area contributed by atoms with Crippen LogP contribution in [0.5, 0.6) is 0 Å². The Hall–Kier alpha value is -1.88. The van der Waals surface area contributed by atoms with Gasteiger partial charge in [0, 0.05) is 24.8 Å². The normalized spacial score (nSPS) is 12.4. The molecule has 0 amide bonds. The fraction of sp³-hybridized carbons (Fsp3) is 0.214. The first-order valence-electron chi connectivity index (χ1n) is 5.85. The van der Waals surface area contributed by atoms with Crippen molar-refractivity contribution in [2.75, 3.05) is 0 Å². The summed E-state index contributed by atoms with van der Waals surface area (Å²) in [5.41, 5.74) is 0.736. The quantitative estimate of drug-likeness (QED) is 0.918. The maximum Gasteiger partial charge on any atom is 0.146 e. The molecule has 0 saturated heterocycles. The van der Waals surface area contributed by atoms with Gasteiger partial charge in [-0.25, -0.2) is 13.2 Å². The van der Waals surface area contributed by atoms with Crippen LogP contribution in [0.15, 0.2) is 36.5 Å². The maximum atomic E-state index is 13.3. The number of benzene rings is 1. The van der Waals surface area contributed by atoms with Gasteiger partial charge in [-0.15, -0.1) is 0 Å². The third-order valence-corrected chi connectivity index (χ3v) is 2.80. The standard InChI is InChI=1S/C14H13F3N2/c1-9(10-5-11(15)7-12(16)6-10)19-8-14-13(17)3-2-4-18-14/h2-7,9,19H,8H2,1H3. The molecule has 0 aliphatic heterocycles. The smallest absolute Gasteiger partial charge is 0.146 e. The molecule has 2 aromatic rings. The minimum Gasteiger partial charge on any atom is -0.304 e. The molecule has 1 unspecified atom stereocenters. The first-order valence-corrected chi connectivity index (χ1v) is 5.85. The molecular weight excluding hydrogens is 253 g/mol. The van der Waals surface area contributed by atoms with Gasteiger partial charge < -0.3 is 5.32 Å². The van der Waals surface area contributed by atoms with Gasteiger partial charge in [0.1, 0.15) is 17.5 Å². The van der Waals surface area contributed by atoms with E-state index in [1.165, 1.54) is 30.5 Å². The summed E-state index contributed by atoms with van der Waals surface area (Å²) < 4.78 is 39.5. The van der Waals surface area contributed by atoms with Crippen LogP contribution in [-0.4, -0.2) is 4.98 Å². The Morgan fingerprint density at radius 3 is 2.47 bits per heavy atom. The van der Waals surface area contributed by atoms with Crippen molar-refractivity contribution in [3.63, 3.8) is 0 Å². The van der Waals surface area contributed by atoms with Gasteiger partial charge in [0.25, 0.3) is 0 Å². The largest absolute Gasteiger partial charge is 0.304 e. The molecule has 0 bridgehead atoms. The molecule has 2 rings (SSSR count). The van der Waals surface area contributed by atoms with Crippen LogP contribution >= 0.6 is 0 Å². The predicted molar refractivity (Wildman–Crippen MR) is 65.8 cm³/mol. The van der Waals surface area contributed by atoms with Crippen LogP contribution in [0.25, 0.3) is 0 Å². The van der Waals surface area contributed by atoms with Gasteiger partial charge in [0.05, 0.1) is 5.69 Å². The van der Waals surface area contributed by atoms with Gasteiger partial charge in [0.15, 0.2) is 0 Å². The van der Waals surface area contributed by atoms with Crippen molar-refractivity contribution in [2.45, 2.75) is 19.5 Å². The van der Waals surface area contributed by atoms with Crippen LogP contribution < -0.4 is 5.32 Å². The molecule has 5 heteroatoms. The Bertz CT molecular complexity index is 552. The second-order valence-corrected chi connectivity index (χ2v) is 4.24. The summed E-state index contributed by atoms with van der Waals surface area (Å²) in [5.74, 6) is -1.67. The monoisotopic (exact) mass is 266 g/mol. The van der Waals surface area contributed by atoms with Crippen molar-refractivity contribution in [1.29, 1.82) is 0 Å². The molecule has 2 nitrogen and oxygen atoms in total. The van der Waals surface area contributed by atoms with E-state index >= 15 is 0 Å². The molecular formula is C14H13F3N2. The van der Waals surface area contributed by atoms with Crippen molar-refractivity contribution in [3.8, 4) is 0 Å². The van der Waals surface area contributed by atoms with Crippen LogP contribution in [-0.2, 0) is 6.54 Å². The molecule has 0 aliphatic carbocycles. The van der Waals surface area contributed by atoms with Crippen LogP contribution in [0.3, 0.4) is 0 Å². The first-order chi connectivity index (χ1) is 9.06. The van der Waals surface area contributed by atoms with E-state index in [4.69, 9.17) is 0 Å². The second kappa shape index (κ2) is 5.84. The van der Waals surface area contributed by atoms with Gasteiger partial charge in [-0.05, 0) is 36.8 Å². The van der Waals surface area contributed by atoms with Crippen LogP contribution in [0.4, 0.5) is 13.2 Å². The minimum absolute atomic E-state index is 0.186. The summed E-state index contributed by atoms with van der Waals surface area (Å²) in [6.45, 7) is 1.93. The fourth-order valence-electron chi connectivity index (χ4n) is 1.74. The Morgan fingerprint density at radius 2 is 1.84 bits per heavy atom. The zero-order chi connectivity index (χ0) is 13.8. The molecule has 0 aliphatic rings. The van der Waals surface area contributed by atoms with Gasteiger partial charge in [-0.2, -0.15) is 0 Å². The molecule has 1 N–H and O–H groups in total. The molecule has 19 heavy (non-hydrogen) atoms. The topological polar surface area (TPSA) is 24.9 Å². The van der Waals surface area contributed by atoms with Crippen molar-refractivity contribution in [2.24, 2.45) is 0 Å². The number of nitrogens with zero attached hydrogens (tertiary/aromatic N) is 1. The van der Waals surface area contributed by atoms with E-state index in [1.54, 1.807) is 6.92 Å². The summed E-state index contributed by atoms with van der Waals surface area (Å²) in [6, 6.07) is 5.81. The van der Waals surface area contributed by atoms with Gasteiger partial charge in [0.2, 0.25) is 0 Å². The Morgan fingerprint density at radius 1 is 1.16 bits per heavy atom. The number of pyridine rings is 1. The lowest BCUT2D eigenvalue weighted by atomic mass is 10.1. The maximum absolute atomic E-state index is 13.3. The van der Waals surface area contributed by atoms with Gasteiger partial charge >= 0.3 is 0 Å². The SMILES string of the molecule is CC(NCc1ncccc1F)c1cc(F)cc(F)c1. The lowest BCUT2D eigenvalue weighted by Gasteiger charge is -2.14.